The lowest BCUT2D eigenvalue weighted by molar-refractivity contribution is -0.145. The molecule has 0 heterocycles. The van der Waals surface area contributed by atoms with E-state index >= 15 is 0 Å². The van der Waals surface area contributed by atoms with E-state index in [-0.39, 0.29) is 24.9 Å². The number of hydrogen-bond acceptors (Lipinski definition) is 4. The zero-order valence-corrected chi connectivity index (χ0v) is 12.8. The number of esters is 1. The number of amides is 2. The van der Waals surface area contributed by atoms with Crippen LogP contribution in [0.5, 0.6) is 0 Å². The number of rotatable bonds is 5. The number of benzene rings is 1. The largest absolute Gasteiger partial charge is 0.468 e. The predicted molar refractivity (Wildman–Crippen MR) is 76.1 cm³/mol. The molecule has 2 amide bonds. The van der Waals surface area contributed by atoms with Gasteiger partial charge in [0.05, 0.1) is 13.7 Å². The van der Waals surface area contributed by atoms with Gasteiger partial charge >= 0.3 is 5.97 Å². The summed E-state index contributed by atoms with van der Waals surface area (Å²) in [5.74, 6) is -1.24. The predicted octanol–water partition coefficient (Wildman–Crippen LogP) is 0.810. The molecular weight excluding hydrogens is 328 g/mol. The molecule has 0 fully saturated rings. The van der Waals surface area contributed by atoms with Crippen LogP contribution >= 0.6 is 15.9 Å². The molecule has 20 heavy (non-hydrogen) atoms. The number of methoxy groups -OCH3 is 1. The van der Waals surface area contributed by atoms with E-state index in [1.54, 1.807) is 24.3 Å². The Morgan fingerprint density at radius 2 is 1.85 bits per heavy atom. The average molecular weight is 343 g/mol. The molecule has 0 aliphatic heterocycles. The molecule has 0 atom stereocenters. The second kappa shape index (κ2) is 7.64. The monoisotopic (exact) mass is 342 g/mol. The minimum Gasteiger partial charge on any atom is -0.468 e. The van der Waals surface area contributed by atoms with Gasteiger partial charge in [0.15, 0.2) is 0 Å². The Bertz CT molecular complexity index is 502. The molecule has 0 aliphatic carbocycles. The lowest BCUT2D eigenvalue weighted by atomic mass is 10.2. The maximum absolute atomic E-state index is 11.8. The molecule has 1 aromatic carbocycles. The Morgan fingerprint density at radius 1 is 1.25 bits per heavy atom. The highest BCUT2D eigenvalue weighted by molar-refractivity contribution is 9.10. The molecule has 1 aromatic rings. The molecule has 6 nitrogen and oxygen atoms in total. The lowest BCUT2D eigenvalue weighted by Crippen LogP contribution is -2.40. The Hall–Kier alpha value is -1.89. The second-order valence-electron chi connectivity index (χ2n) is 4.02. The summed E-state index contributed by atoms with van der Waals surface area (Å²) in [5.41, 5.74) is 0.455. The van der Waals surface area contributed by atoms with Gasteiger partial charge in [-0.25, -0.2) is 0 Å². The van der Waals surface area contributed by atoms with Gasteiger partial charge in [0.25, 0.3) is 5.91 Å². The first-order valence-corrected chi connectivity index (χ1v) is 6.58. The number of hydrogen-bond donors (Lipinski definition) is 1. The maximum Gasteiger partial charge on any atom is 0.325 e. The van der Waals surface area contributed by atoms with E-state index in [0.717, 1.165) is 4.47 Å². The fraction of sp³-hybridized carbons (Fsp3) is 0.308. The highest BCUT2D eigenvalue weighted by Crippen LogP contribution is 2.10. The molecule has 0 aromatic heterocycles. The first kappa shape index (κ1) is 16.2. The van der Waals surface area contributed by atoms with Gasteiger partial charge in [-0.3, -0.25) is 14.4 Å². The van der Waals surface area contributed by atoms with E-state index in [4.69, 9.17) is 0 Å². The van der Waals surface area contributed by atoms with Crippen LogP contribution in [0.2, 0.25) is 0 Å². The summed E-state index contributed by atoms with van der Waals surface area (Å²) in [5, 5.41) is 2.49. The van der Waals surface area contributed by atoms with Crippen molar-refractivity contribution >= 4 is 33.7 Å². The molecule has 108 valence electrons. The molecule has 1 rings (SSSR count). The van der Waals surface area contributed by atoms with E-state index < -0.39 is 5.97 Å². The van der Waals surface area contributed by atoms with Crippen LogP contribution in [-0.4, -0.2) is 49.9 Å². The number of halogens is 1. The Kier molecular flexibility index (Phi) is 6.17. The molecule has 0 bridgehead atoms. The fourth-order valence-corrected chi connectivity index (χ4v) is 1.60. The van der Waals surface area contributed by atoms with Gasteiger partial charge in [-0.1, -0.05) is 15.9 Å². The van der Waals surface area contributed by atoms with Crippen LogP contribution in [0, 0.1) is 0 Å². The van der Waals surface area contributed by atoms with Crippen molar-refractivity contribution in [3.63, 3.8) is 0 Å². The van der Waals surface area contributed by atoms with Crippen LogP contribution in [0.4, 0.5) is 0 Å². The molecular formula is C13H15BrN2O4. The second-order valence-corrected chi connectivity index (χ2v) is 4.93. The van der Waals surface area contributed by atoms with E-state index in [2.05, 4.69) is 26.0 Å². The summed E-state index contributed by atoms with van der Waals surface area (Å²) in [4.78, 5) is 35.7. The van der Waals surface area contributed by atoms with Crippen molar-refractivity contribution in [3.05, 3.63) is 34.3 Å². The smallest absolute Gasteiger partial charge is 0.325 e. The van der Waals surface area contributed by atoms with Crippen molar-refractivity contribution in [1.82, 2.24) is 10.2 Å². The molecule has 7 heteroatoms. The van der Waals surface area contributed by atoms with Gasteiger partial charge in [0.2, 0.25) is 5.91 Å². The third kappa shape index (κ3) is 5.00. The van der Waals surface area contributed by atoms with Crippen LogP contribution in [0.25, 0.3) is 0 Å². The highest BCUT2D eigenvalue weighted by Gasteiger charge is 2.14. The number of carbonyl (C=O) groups excluding carboxylic acids is 3. The van der Waals surface area contributed by atoms with Crippen molar-refractivity contribution < 1.29 is 19.1 Å². The van der Waals surface area contributed by atoms with E-state index in [1.165, 1.54) is 19.1 Å². The van der Waals surface area contributed by atoms with Crippen LogP contribution in [0.15, 0.2) is 28.7 Å². The zero-order chi connectivity index (χ0) is 15.1. The minimum atomic E-state index is -0.514. The van der Waals surface area contributed by atoms with Crippen molar-refractivity contribution in [2.45, 2.75) is 0 Å². The van der Waals surface area contributed by atoms with Crippen LogP contribution in [0.1, 0.15) is 10.4 Å². The molecule has 0 saturated heterocycles. The molecule has 0 aliphatic rings. The topological polar surface area (TPSA) is 75.7 Å². The first-order valence-electron chi connectivity index (χ1n) is 5.78. The van der Waals surface area contributed by atoms with Crippen LogP contribution in [0.3, 0.4) is 0 Å². The van der Waals surface area contributed by atoms with E-state index in [9.17, 15) is 14.4 Å². The average Bonchev–Trinajstić information content (AvgIpc) is 2.44. The van der Waals surface area contributed by atoms with Crippen molar-refractivity contribution in [3.8, 4) is 0 Å². The summed E-state index contributed by atoms with van der Waals surface area (Å²) in [6.07, 6.45) is 0. The Labute approximate surface area is 125 Å². The summed E-state index contributed by atoms with van der Waals surface area (Å²) in [6, 6.07) is 6.75. The summed E-state index contributed by atoms with van der Waals surface area (Å²) in [7, 11) is 2.71. The number of nitrogens with zero attached hydrogens (tertiary/aromatic N) is 1. The van der Waals surface area contributed by atoms with Crippen LogP contribution in [-0.2, 0) is 14.3 Å². The molecule has 0 spiro atoms. The van der Waals surface area contributed by atoms with Crippen molar-refractivity contribution in [1.29, 1.82) is 0 Å². The Balaban J connectivity index is 2.46. The van der Waals surface area contributed by atoms with Gasteiger partial charge in [-0.2, -0.15) is 0 Å². The van der Waals surface area contributed by atoms with E-state index in [0.29, 0.717) is 5.56 Å². The van der Waals surface area contributed by atoms with Gasteiger partial charge in [0.1, 0.15) is 6.54 Å². The fourth-order valence-electron chi connectivity index (χ4n) is 1.34. The lowest BCUT2D eigenvalue weighted by Gasteiger charge is -2.15. The third-order valence-electron chi connectivity index (χ3n) is 2.53. The molecule has 0 saturated carbocycles. The van der Waals surface area contributed by atoms with Gasteiger partial charge in [-0.15, -0.1) is 0 Å². The van der Waals surface area contributed by atoms with E-state index in [1.807, 2.05) is 0 Å². The van der Waals surface area contributed by atoms with Crippen LogP contribution < -0.4 is 5.32 Å². The first-order chi connectivity index (χ1) is 9.43. The van der Waals surface area contributed by atoms with Crippen molar-refractivity contribution in [2.24, 2.45) is 0 Å². The summed E-state index contributed by atoms with van der Waals surface area (Å²) in [6.45, 7) is -0.328. The number of likely N-dealkylation sites (N-methyl/N-ethyl adjacent to an activating group) is 1. The van der Waals surface area contributed by atoms with Gasteiger partial charge in [-0.05, 0) is 24.3 Å². The quantitative estimate of drug-likeness (QED) is 0.803. The summed E-state index contributed by atoms with van der Waals surface area (Å²) < 4.78 is 5.32. The zero-order valence-electron chi connectivity index (χ0n) is 11.2. The number of carbonyl (C=O) groups is 3. The Morgan fingerprint density at radius 3 is 2.40 bits per heavy atom. The SMILES string of the molecule is COC(=O)CN(C)C(=O)CNC(=O)c1ccc(Br)cc1. The maximum atomic E-state index is 11.8. The standard InChI is InChI=1S/C13H15BrN2O4/c1-16(8-12(18)20-2)11(17)7-15-13(19)9-3-5-10(14)6-4-9/h3-6H,7-8H2,1-2H3,(H,15,19). The number of nitrogens with one attached hydrogen (secondary N) is 1. The number of ether oxygens (including phenoxy) is 1. The molecule has 0 unspecified atom stereocenters. The van der Waals surface area contributed by atoms with Gasteiger partial charge < -0.3 is 15.0 Å². The highest BCUT2D eigenvalue weighted by atomic mass is 79.9. The third-order valence-corrected chi connectivity index (χ3v) is 3.05. The normalized spacial score (nSPS) is 9.75. The minimum absolute atomic E-state index is 0.149. The molecule has 1 N–H and O–H groups in total. The summed E-state index contributed by atoms with van der Waals surface area (Å²) >= 11 is 3.27. The van der Waals surface area contributed by atoms with Crippen molar-refractivity contribution in [2.75, 3.05) is 27.2 Å². The van der Waals surface area contributed by atoms with Gasteiger partial charge in [0, 0.05) is 17.1 Å². The molecule has 0 radical (unpaired) electrons.